The monoisotopic (exact) mass is 287 g/mol. The maximum Gasteiger partial charge on any atom is 0.273 e. The third-order valence-electron chi connectivity index (χ3n) is 3.27. The van der Waals surface area contributed by atoms with Crippen molar-refractivity contribution in [3.8, 4) is 0 Å². The quantitative estimate of drug-likeness (QED) is 0.857. The second kappa shape index (κ2) is 6.92. The van der Waals surface area contributed by atoms with Crippen LogP contribution in [-0.2, 0) is 0 Å². The number of carbonyl (C=O) groups excluding carboxylic acids is 1. The molecule has 21 heavy (non-hydrogen) atoms. The van der Waals surface area contributed by atoms with E-state index >= 15 is 0 Å². The van der Waals surface area contributed by atoms with Crippen LogP contribution >= 0.6 is 0 Å². The van der Waals surface area contributed by atoms with Crippen molar-refractivity contribution < 1.29 is 9.32 Å². The molecule has 0 aliphatic rings. The van der Waals surface area contributed by atoms with Gasteiger partial charge in [0, 0.05) is 24.3 Å². The molecule has 0 saturated heterocycles. The third kappa shape index (κ3) is 4.34. The van der Waals surface area contributed by atoms with Gasteiger partial charge in [0.2, 0.25) is 0 Å². The van der Waals surface area contributed by atoms with E-state index in [2.05, 4.69) is 29.6 Å². The molecule has 1 aromatic carbocycles. The number of benzene rings is 1. The standard InChI is InChI=1S/C16H21N3O2/c1-11(2)15(18-13-7-5-4-6-8-13)10-17-16(20)14-9-12(3)21-19-14/h4-9,11,15,18H,10H2,1-3H3,(H,17,20)/t15-/m1/s1. The van der Waals surface area contributed by atoms with E-state index in [1.165, 1.54) is 0 Å². The molecule has 0 bridgehead atoms. The van der Waals surface area contributed by atoms with Crippen molar-refractivity contribution in [3.63, 3.8) is 0 Å². The summed E-state index contributed by atoms with van der Waals surface area (Å²) >= 11 is 0. The van der Waals surface area contributed by atoms with E-state index in [-0.39, 0.29) is 11.9 Å². The van der Waals surface area contributed by atoms with Crippen molar-refractivity contribution in [2.45, 2.75) is 26.8 Å². The number of aryl methyl sites for hydroxylation is 1. The first kappa shape index (κ1) is 15.1. The van der Waals surface area contributed by atoms with Gasteiger partial charge in [-0.1, -0.05) is 37.2 Å². The van der Waals surface area contributed by atoms with Gasteiger partial charge in [-0.15, -0.1) is 0 Å². The molecule has 0 aliphatic heterocycles. The summed E-state index contributed by atoms with van der Waals surface area (Å²) in [4.78, 5) is 12.0. The summed E-state index contributed by atoms with van der Waals surface area (Å²) in [7, 11) is 0. The van der Waals surface area contributed by atoms with Gasteiger partial charge in [0.1, 0.15) is 5.76 Å². The number of rotatable bonds is 6. The summed E-state index contributed by atoms with van der Waals surface area (Å²) in [5.74, 6) is 0.792. The minimum Gasteiger partial charge on any atom is -0.380 e. The van der Waals surface area contributed by atoms with Crippen molar-refractivity contribution in [1.82, 2.24) is 10.5 Å². The highest BCUT2D eigenvalue weighted by Crippen LogP contribution is 2.12. The molecule has 0 spiro atoms. The Balaban J connectivity index is 1.93. The molecule has 1 atom stereocenters. The number of para-hydroxylation sites is 1. The van der Waals surface area contributed by atoms with E-state index in [1.54, 1.807) is 13.0 Å². The summed E-state index contributed by atoms with van der Waals surface area (Å²) < 4.78 is 4.91. The minimum atomic E-state index is -0.215. The lowest BCUT2D eigenvalue weighted by Crippen LogP contribution is -2.39. The zero-order valence-corrected chi connectivity index (χ0v) is 12.6. The van der Waals surface area contributed by atoms with Gasteiger partial charge >= 0.3 is 0 Å². The molecule has 0 aliphatic carbocycles. The van der Waals surface area contributed by atoms with Crippen molar-refractivity contribution >= 4 is 11.6 Å². The van der Waals surface area contributed by atoms with Gasteiger partial charge in [-0.2, -0.15) is 0 Å². The van der Waals surface area contributed by atoms with Crippen molar-refractivity contribution in [2.75, 3.05) is 11.9 Å². The molecule has 2 aromatic rings. The Morgan fingerprint density at radius 1 is 1.29 bits per heavy atom. The number of nitrogens with one attached hydrogen (secondary N) is 2. The van der Waals surface area contributed by atoms with Gasteiger partial charge in [-0.05, 0) is 25.0 Å². The number of anilines is 1. The molecule has 112 valence electrons. The summed E-state index contributed by atoms with van der Waals surface area (Å²) in [5.41, 5.74) is 1.36. The zero-order chi connectivity index (χ0) is 15.2. The fourth-order valence-corrected chi connectivity index (χ4v) is 1.97. The molecule has 0 radical (unpaired) electrons. The summed E-state index contributed by atoms with van der Waals surface area (Å²) in [6.07, 6.45) is 0. The van der Waals surface area contributed by atoms with Crippen LogP contribution in [-0.4, -0.2) is 23.7 Å². The lowest BCUT2D eigenvalue weighted by molar-refractivity contribution is 0.0941. The molecule has 1 heterocycles. The number of aromatic nitrogens is 1. The van der Waals surface area contributed by atoms with Crippen molar-refractivity contribution in [1.29, 1.82) is 0 Å². The van der Waals surface area contributed by atoms with E-state index < -0.39 is 0 Å². The predicted molar refractivity (Wildman–Crippen MR) is 82.3 cm³/mol. The average Bonchev–Trinajstić information content (AvgIpc) is 2.90. The number of hydrogen-bond donors (Lipinski definition) is 2. The maximum absolute atomic E-state index is 12.0. The number of carbonyl (C=O) groups is 1. The normalized spacial score (nSPS) is 12.2. The van der Waals surface area contributed by atoms with Crippen LogP contribution in [0.15, 0.2) is 40.9 Å². The van der Waals surface area contributed by atoms with Crippen LogP contribution in [0.4, 0.5) is 5.69 Å². The van der Waals surface area contributed by atoms with Crippen LogP contribution in [0, 0.1) is 12.8 Å². The SMILES string of the molecule is Cc1cc(C(=O)NC[C@@H](Nc2ccccc2)C(C)C)no1. The van der Waals surface area contributed by atoms with Gasteiger partial charge in [0.05, 0.1) is 0 Å². The largest absolute Gasteiger partial charge is 0.380 e. The van der Waals surface area contributed by atoms with Crippen molar-refractivity contribution in [3.05, 3.63) is 47.9 Å². The molecular formula is C16H21N3O2. The topological polar surface area (TPSA) is 67.2 Å². The minimum absolute atomic E-state index is 0.143. The lowest BCUT2D eigenvalue weighted by atomic mass is 10.0. The fraction of sp³-hybridized carbons (Fsp3) is 0.375. The Bertz CT molecular complexity index is 578. The highest BCUT2D eigenvalue weighted by atomic mass is 16.5. The van der Waals surface area contributed by atoms with Gasteiger partial charge in [0.25, 0.3) is 5.91 Å². The van der Waals surface area contributed by atoms with Crippen LogP contribution in [0.25, 0.3) is 0 Å². The Labute approximate surface area is 124 Å². The van der Waals surface area contributed by atoms with Gasteiger partial charge in [-0.25, -0.2) is 0 Å². The number of nitrogens with zero attached hydrogens (tertiary/aromatic N) is 1. The van der Waals surface area contributed by atoms with E-state index in [0.29, 0.717) is 23.9 Å². The molecule has 2 rings (SSSR count). The first-order valence-corrected chi connectivity index (χ1v) is 7.09. The van der Waals surface area contributed by atoms with Crippen LogP contribution < -0.4 is 10.6 Å². The van der Waals surface area contributed by atoms with Gasteiger partial charge < -0.3 is 15.2 Å². The smallest absolute Gasteiger partial charge is 0.273 e. The van der Waals surface area contributed by atoms with Crippen LogP contribution in [0.1, 0.15) is 30.1 Å². The lowest BCUT2D eigenvalue weighted by Gasteiger charge is -2.23. The Hall–Kier alpha value is -2.30. The Morgan fingerprint density at radius 2 is 2.00 bits per heavy atom. The Morgan fingerprint density at radius 3 is 2.57 bits per heavy atom. The first-order valence-electron chi connectivity index (χ1n) is 7.09. The molecule has 0 fully saturated rings. The molecule has 5 heteroatoms. The fourth-order valence-electron chi connectivity index (χ4n) is 1.97. The van der Waals surface area contributed by atoms with E-state index in [0.717, 1.165) is 5.69 Å². The predicted octanol–water partition coefficient (Wildman–Crippen LogP) is 2.85. The van der Waals surface area contributed by atoms with Crippen LogP contribution in [0.5, 0.6) is 0 Å². The zero-order valence-electron chi connectivity index (χ0n) is 12.6. The summed E-state index contributed by atoms with van der Waals surface area (Å²) in [5, 5.41) is 10.0. The second-order valence-electron chi connectivity index (χ2n) is 5.39. The van der Waals surface area contributed by atoms with Gasteiger partial charge in [-0.3, -0.25) is 4.79 Å². The molecule has 1 aromatic heterocycles. The van der Waals surface area contributed by atoms with E-state index in [4.69, 9.17) is 4.52 Å². The van der Waals surface area contributed by atoms with Gasteiger partial charge in [0.15, 0.2) is 5.69 Å². The summed E-state index contributed by atoms with van der Waals surface area (Å²) in [6, 6.07) is 11.7. The summed E-state index contributed by atoms with van der Waals surface area (Å²) in [6.45, 7) is 6.52. The molecule has 0 unspecified atom stereocenters. The van der Waals surface area contributed by atoms with Crippen LogP contribution in [0.3, 0.4) is 0 Å². The number of hydrogen-bond acceptors (Lipinski definition) is 4. The molecule has 0 saturated carbocycles. The Kier molecular flexibility index (Phi) is 4.98. The molecule has 5 nitrogen and oxygen atoms in total. The molecule has 2 N–H and O–H groups in total. The first-order chi connectivity index (χ1) is 10.1. The maximum atomic E-state index is 12.0. The molecular weight excluding hydrogens is 266 g/mol. The number of amides is 1. The molecule has 1 amide bonds. The highest BCUT2D eigenvalue weighted by molar-refractivity contribution is 5.92. The van der Waals surface area contributed by atoms with E-state index in [9.17, 15) is 4.79 Å². The third-order valence-corrected chi connectivity index (χ3v) is 3.27. The van der Waals surface area contributed by atoms with Crippen LogP contribution in [0.2, 0.25) is 0 Å². The van der Waals surface area contributed by atoms with E-state index in [1.807, 2.05) is 30.3 Å². The second-order valence-corrected chi connectivity index (χ2v) is 5.39. The highest BCUT2D eigenvalue weighted by Gasteiger charge is 2.16. The van der Waals surface area contributed by atoms with Crippen molar-refractivity contribution in [2.24, 2.45) is 5.92 Å². The average molecular weight is 287 g/mol.